The number of rotatable bonds is 9. The predicted octanol–water partition coefficient (Wildman–Crippen LogP) is 4.48. The van der Waals surface area contributed by atoms with Gasteiger partial charge in [-0.05, 0) is 39.3 Å². The minimum Gasteiger partial charge on any atom is -0.496 e. The number of halogens is 1. The first kappa shape index (κ1) is 21.8. The lowest BCUT2D eigenvalue weighted by atomic mass is 10.1. The van der Waals surface area contributed by atoms with Gasteiger partial charge in [0.2, 0.25) is 0 Å². The molecule has 0 atom stereocenters. The summed E-state index contributed by atoms with van der Waals surface area (Å²) in [6, 6.07) is 3.23. The van der Waals surface area contributed by atoms with Crippen LogP contribution in [0.5, 0.6) is 17.2 Å². The summed E-state index contributed by atoms with van der Waals surface area (Å²) in [5.74, 6) is 1.42. The highest BCUT2D eigenvalue weighted by Gasteiger charge is 2.17. The zero-order valence-corrected chi connectivity index (χ0v) is 17.8. The number of pyridine rings is 1. The van der Waals surface area contributed by atoms with Gasteiger partial charge in [0.25, 0.3) is 5.91 Å². The van der Waals surface area contributed by atoms with Crippen LogP contribution < -0.4 is 19.5 Å². The first-order chi connectivity index (χ1) is 13.4. The average molecular weight is 407 g/mol. The molecule has 2 rings (SSSR count). The van der Waals surface area contributed by atoms with Crippen LogP contribution in [0.1, 0.15) is 47.4 Å². The summed E-state index contributed by atoms with van der Waals surface area (Å²) >= 11 is 6.34. The van der Waals surface area contributed by atoms with Gasteiger partial charge in [-0.15, -0.1) is 0 Å². The SMILES string of the molecule is CCCOc1c(Cl)cc(C(=O)NCc2ncc(C)c(OC)c2C)cc1OCC. The van der Waals surface area contributed by atoms with Crippen molar-refractivity contribution in [1.82, 2.24) is 10.3 Å². The minimum atomic E-state index is -0.273. The number of carbonyl (C=O) groups excluding carboxylic acids is 1. The number of hydrogen-bond acceptors (Lipinski definition) is 5. The third-order valence-electron chi connectivity index (χ3n) is 4.19. The van der Waals surface area contributed by atoms with Gasteiger partial charge in [0.05, 0.1) is 37.6 Å². The van der Waals surface area contributed by atoms with Crippen molar-refractivity contribution in [2.24, 2.45) is 0 Å². The Morgan fingerprint density at radius 1 is 1.18 bits per heavy atom. The van der Waals surface area contributed by atoms with Gasteiger partial charge in [-0.1, -0.05) is 18.5 Å². The maximum Gasteiger partial charge on any atom is 0.251 e. The van der Waals surface area contributed by atoms with E-state index in [9.17, 15) is 4.79 Å². The quantitative estimate of drug-likeness (QED) is 0.664. The molecule has 0 bridgehead atoms. The Labute approximate surface area is 171 Å². The van der Waals surface area contributed by atoms with Gasteiger partial charge in [-0.25, -0.2) is 0 Å². The summed E-state index contributed by atoms with van der Waals surface area (Å²) in [5.41, 5.74) is 2.99. The van der Waals surface area contributed by atoms with Crippen molar-refractivity contribution < 1.29 is 19.0 Å². The lowest BCUT2D eigenvalue weighted by molar-refractivity contribution is 0.0949. The van der Waals surface area contributed by atoms with E-state index in [-0.39, 0.29) is 12.5 Å². The van der Waals surface area contributed by atoms with Gasteiger partial charge in [0.1, 0.15) is 5.75 Å². The number of benzene rings is 1. The fourth-order valence-corrected chi connectivity index (χ4v) is 3.09. The Bertz CT molecular complexity index is 840. The van der Waals surface area contributed by atoms with Crippen molar-refractivity contribution in [2.45, 2.75) is 40.7 Å². The Morgan fingerprint density at radius 2 is 1.93 bits per heavy atom. The molecule has 6 nitrogen and oxygen atoms in total. The molecule has 0 fully saturated rings. The number of nitrogens with zero attached hydrogens (tertiary/aromatic N) is 1. The van der Waals surface area contributed by atoms with Crippen molar-refractivity contribution in [3.63, 3.8) is 0 Å². The van der Waals surface area contributed by atoms with Crippen molar-refractivity contribution in [1.29, 1.82) is 0 Å². The highest BCUT2D eigenvalue weighted by Crippen LogP contribution is 2.37. The summed E-state index contributed by atoms with van der Waals surface area (Å²) in [5, 5.41) is 3.22. The van der Waals surface area contributed by atoms with Crippen LogP contribution in [-0.2, 0) is 6.54 Å². The Hall–Kier alpha value is -2.47. The van der Waals surface area contributed by atoms with Gasteiger partial charge in [0.15, 0.2) is 11.5 Å². The second-order valence-electron chi connectivity index (χ2n) is 6.30. The highest BCUT2D eigenvalue weighted by molar-refractivity contribution is 6.32. The molecule has 7 heteroatoms. The first-order valence-corrected chi connectivity index (χ1v) is 9.67. The molecular weight excluding hydrogens is 380 g/mol. The van der Waals surface area contributed by atoms with Crippen LogP contribution in [0.15, 0.2) is 18.3 Å². The second-order valence-corrected chi connectivity index (χ2v) is 6.70. The van der Waals surface area contributed by atoms with Crippen LogP contribution in [0, 0.1) is 13.8 Å². The van der Waals surface area contributed by atoms with Crippen LogP contribution in [0.2, 0.25) is 5.02 Å². The number of carbonyl (C=O) groups is 1. The van der Waals surface area contributed by atoms with E-state index < -0.39 is 0 Å². The second kappa shape index (κ2) is 10.2. The molecule has 28 heavy (non-hydrogen) atoms. The largest absolute Gasteiger partial charge is 0.496 e. The summed E-state index contributed by atoms with van der Waals surface area (Å²) in [7, 11) is 1.62. The van der Waals surface area contributed by atoms with Crippen LogP contribution in [-0.4, -0.2) is 31.2 Å². The van der Waals surface area contributed by atoms with Crippen LogP contribution >= 0.6 is 11.6 Å². The lowest BCUT2D eigenvalue weighted by Crippen LogP contribution is -2.24. The van der Waals surface area contributed by atoms with Gasteiger partial charge in [-0.3, -0.25) is 9.78 Å². The van der Waals surface area contributed by atoms with Crippen LogP contribution in [0.4, 0.5) is 0 Å². The fourth-order valence-electron chi connectivity index (χ4n) is 2.82. The number of nitrogens with one attached hydrogen (secondary N) is 1. The smallest absolute Gasteiger partial charge is 0.251 e. The molecule has 1 aromatic heterocycles. The molecule has 0 aliphatic rings. The van der Waals surface area contributed by atoms with Crippen molar-refractivity contribution in [2.75, 3.05) is 20.3 Å². The first-order valence-electron chi connectivity index (χ1n) is 9.29. The molecule has 0 spiro atoms. The molecule has 2 aromatic rings. The van der Waals surface area contributed by atoms with Crippen molar-refractivity contribution >= 4 is 17.5 Å². The lowest BCUT2D eigenvalue weighted by Gasteiger charge is -2.15. The molecule has 1 aromatic carbocycles. The third kappa shape index (κ3) is 5.07. The number of aromatic nitrogens is 1. The Kier molecular flexibility index (Phi) is 7.93. The Morgan fingerprint density at radius 3 is 2.57 bits per heavy atom. The van der Waals surface area contributed by atoms with E-state index in [4.69, 9.17) is 25.8 Å². The molecule has 1 N–H and O–H groups in total. The zero-order chi connectivity index (χ0) is 20.7. The maximum atomic E-state index is 12.7. The topological polar surface area (TPSA) is 69.7 Å². The average Bonchev–Trinajstić information content (AvgIpc) is 2.67. The van der Waals surface area contributed by atoms with Gasteiger partial charge >= 0.3 is 0 Å². The zero-order valence-electron chi connectivity index (χ0n) is 17.0. The van der Waals surface area contributed by atoms with E-state index >= 15 is 0 Å². The molecular formula is C21H27ClN2O4. The molecule has 0 unspecified atom stereocenters. The monoisotopic (exact) mass is 406 g/mol. The van der Waals surface area contributed by atoms with Gasteiger partial charge in [0, 0.05) is 22.9 Å². The van der Waals surface area contributed by atoms with Crippen molar-refractivity contribution in [3.8, 4) is 17.2 Å². The predicted molar refractivity (Wildman–Crippen MR) is 110 cm³/mol. The minimum absolute atomic E-state index is 0.273. The van der Waals surface area contributed by atoms with Gasteiger partial charge in [-0.2, -0.15) is 0 Å². The van der Waals surface area contributed by atoms with E-state index in [1.807, 2.05) is 27.7 Å². The Balaban J connectivity index is 2.20. The van der Waals surface area contributed by atoms with Gasteiger partial charge < -0.3 is 19.5 Å². The van der Waals surface area contributed by atoms with E-state index in [1.165, 1.54) is 0 Å². The number of hydrogen-bond donors (Lipinski definition) is 1. The molecule has 1 heterocycles. The van der Waals surface area contributed by atoms with Crippen molar-refractivity contribution in [3.05, 3.63) is 45.7 Å². The number of amides is 1. The number of methoxy groups -OCH3 is 1. The molecule has 0 saturated heterocycles. The summed E-state index contributed by atoms with van der Waals surface area (Å²) in [4.78, 5) is 17.1. The van der Waals surface area contributed by atoms with Crippen LogP contribution in [0.3, 0.4) is 0 Å². The van der Waals surface area contributed by atoms with E-state index in [1.54, 1.807) is 25.4 Å². The molecule has 0 aliphatic carbocycles. The number of ether oxygens (including phenoxy) is 3. The molecule has 1 amide bonds. The number of aryl methyl sites for hydroxylation is 1. The molecule has 0 radical (unpaired) electrons. The third-order valence-corrected chi connectivity index (χ3v) is 4.47. The fraction of sp³-hybridized carbons (Fsp3) is 0.429. The summed E-state index contributed by atoms with van der Waals surface area (Å²) in [6.07, 6.45) is 2.58. The standard InChI is InChI=1S/C21H27ClN2O4/c1-6-8-28-20-16(22)9-15(10-18(20)27-7-2)21(25)24-12-17-14(4)19(26-5)13(3)11-23-17/h9-11H,6-8,12H2,1-5H3,(H,24,25). The molecule has 0 aliphatic heterocycles. The summed E-state index contributed by atoms with van der Waals surface area (Å²) < 4.78 is 16.7. The molecule has 152 valence electrons. The van der Waals surface area contributed by atoms with E-state index in [0.717, 1.165) is 29.0 Å². The normalized spacial score (nSPS) is 10.5. The maximum absolute atomic E-state index is 12.7. The van der Waals surface area contributed by atoms with Crippen LogP contribution in [0.25, 0.3) is 0 Å². The molecule has 0 saturated carbocycles. The van der Waals surface area contributed by atoms with E-state index in [2.05, 4.69) is 10.3 Å². The highest BCUT2D eigenvalue weighted by atomic mass is 35.5. The summed E-state index contributed by atoms with van der Waals surface area (Å²) in [6.45, 7) is 8.96. The van der Waals surface area contributed by atoms with E-state index in [0.29, 0.717) is 35.3 Å².